The van der Waals surface area contributed by atoms with Crippen molar-refractivity contribution in [3.63, 3.8) is 0 Å². The molecule has 0 bridgehead atoms. The van der Waals surface area contributed by atoms with Gasteiger partial charge in [-0.2, -0.15) is 11.8 Å². The zero-order valence-corrected chi connectivity index (χ0v) is 13.5. The molecule has 1 aliphatic heterocycles. The van der Waals surface area contributed by atoms with E-state index in [-0.39, 0.29) is 18.3 Å². The maximum absolute atomic E-state index is 12.1. The summed E-state index contributed by atoms with van der Waals surface area (Å²) in [5.41, 5.74) is 7.19. The Hall–Kier alpha value is -0.710. The summed E-state index contributed by atoms with van der Waals surface area (Å²) in [6, 6.07) is 10.4. The molecule has 5 heteroatoms. The topological polar surface area (TPSA) is 46.3 Å². The van der Waals surface area contributed by atoms with Gasteiger partial charge in [0.1, 0.15) is 0 Å². The van der Waals surface area contributed by atoms with Crippen molar-refractivity contribution < 1.29 is 4.79 Å². The molecule has 0 unspecified atom stereocenters. The van der Waals surface area contributed by atoms with Gasteiger partial charge in [-0.25, -0.2) is 0 Å². The number of hydrogen-bond donors (Lipinski definition) is 1. The Morgan fingerprint density at radius 3 is 2.65 bits per heavy atom. The average Bonchev–Trinajstić information content (AvgIpc) is 2.90. The number of hydrogen-bond acceptors (Lipinski definition) is 3. The van der Waals surface area contributed by atoms with Gasteiger partial charge in [-0.1, -0.05) is 30.3 Å². The molecule has 0 aliphatic carbocycles. The van der Waals surface area contributed by atoms with Gasteiger partial charge >= 0.3 is 0 Å². The minimum Gasteiger partial charge on any atom is -0.342 e. The Bertz CT molecular complexity index is 416. The van der Waals surface area contributed by atoms with Gasteiger partial charge in [-0.3, -0.25) is 4.79 Å². The van der Waals surface area contributed by atoms with Crippen molar-refractivity contribution in [2.45, 2.75) is 12.3 Å². The van der Waals surface area contributed by atoms with Crippen LogP contribution in [-0.2, 0) is 4.79 Å². The number of nitrogens with zero attached hydrogens (tertiary/aromatic N) is 1. The summed E-state index contributed by atoms with van der Waals surface area (Å²) in [7, 11) is 0. The number of likely N-dealkylation sites (tertiary alicyclic amines) is 1. The van der Waals surface area contributed by atoms with E-state index in [1.165, 1.54) is 5.56 Å². The van der Waals surface area contributed by atoms with Gasteiger partial charge in [0.15, 0.2) is 0 Å². The monoisotopic (exact) mass is 314 g/mol. The third-order valence-electron chi connectivity index (χ3n) is 3.84. The average molecular weight is 315 g/mol. The molecule has 2 N–H and O–H groups in total. The van der Waals surface area contributed by atoms with Crippen molar-refractivity contribution in [3.8, 4) is 0 Å². The first-order valence-electron chi connectivity index (χ1n) is 6.78. The molecule has 1 aliphatic rings. The molecule has 1 amide bonds. The highest BCUT2D eigenvalue weighted by Gasteiger charge is 2.34. The van der Waals surface area contributed by atoms with Gasteiger partial charge in [0, 0.05) is 31.2 Å². The predicted octanol–water partition coefficient (Wildman–Crippen LogP) is 2.36. The molecule has 1 saturated heterocycles. The van der Waals surface area contributed by atoms with Gasteiger partial charge < -0.3 is 10.6 Å². The van der Waals surface area contributed by atoms with Crippen molar-refractivity contribution in [2.24, 2.45) is 11.7 Å². The molecule has 2 rings (SSSR count). The zero-order chi connectivity index (χ0) is 13.7. The molecule has 20 heavy (non-hydrogen) atoms. The van der Waals surface area contributed by atoms with E-state index in [9.17, 15) is 4.79 Å². The molecule has 0 saturated carbocycles. The van der Waals surface area contributed by atoms with Gasteiger partial charge in [0.05, 0.1) is 0 Å². The van der Waals surface area contributed by atoms with Crippen molar-refractivity contribution in [1.29, 1.82) is 0 Å². The second kappa shape index (κ2) is 8.55. The van der Waals surface area contributed by atoms with E-state index in [2.05, 4.69) is 24.3 Å². The Morgan fingerprint density at radius 1 is 1.35 bits per heavy atom. The van der Waals surface area contributed by atoms with Crippen LogP contribution in [0.5, 0.6) is 0 Å². The summed E-state index contributed by atoms with van der Waals surface area (Å²) in [5.74, 6) is 1.95. The number of thioether (sulfide) groups is 1. The number of rotatable bonds is 5. The predicted molar refractivity (Wildman–Crippen MR) is 88.6 cm³/mol. The summed E-state index contributed by atoms with van der Waals surface area (Å²) < 4.78 is 0. The molecule has 1 heterocycles. The van der Waals surface area contributed by atoms with E-state index in [1.807, 2.05) is 17.2 Å². The van der Waals surface area contributed by atoms with Crippen LogP contribution in [0.3, 0.4) is 0 Å². The highest BCUT2D eigenvalue weighted by atomic mass is 35.5. The molecule has 1 fully saturated rings. The Morgan fingerprint density at radius 2 is 2.05 bits per heavy atom. The molecule has 112 valence electrons. The van der Waals surface area contributed by atoms with Crippen LogP contribution in [0.25, 0.3) is 0 Å². The van der Waals surface area contributed by atoms with Gasteiger partial charge in [-0.05, 0) is 24.3 Å². The summed E-state index contributed by atoms with van der Waals surface area (Å²) >= 11 is 1.72. The highest BCUT2D eigenvalue weighted by Crippen LogP contribution is 2.32. The normalized spacial score (nSPS) is 21.6. The summed E-state index contributed by atoms with van der Waals surface area (Å²) in [6.45, 7) is 2.27. The molecule has 0 spiro atoms. The van der Waals surface area contributed by atoms with Crippen LogP contribution in [0.15, 0.2) is 30.3 Å². The largest absolute Gasteiger partial charge is 0.342 e. The Kier molecular flexibility index (Phi) is 7.41. The van der Waals surface area contributed by atoms with Gasteiger partial charge in [0.25, 0.3) is 0 Å². The SMILES string of the molecule is CSCCC(=O)N1C[C@@H](CN)[C@H](c2ccccc2)C1.Cl. The van der Waals surface area contributed by atoms with Crippen LogP contribution < -0.4 is 5.73 Å². The third kappa shape index (κ3) is 4.14. The second-order valence-electron chi connectivity index (χ2n) is 5.05. The number of halogens is 1. The second-order valence-corrected chi connectivity index (χ2v) is 6.04. The van der Waals surface area contributed by atoms with Crippen LogP contribution in [0.1, 0.15) is 17.9 Å². The number of carbonyl (C=O) groups is 1. The fourth-order valence-corrected chi connectivity index (χ4v) is 3.12. The van der Waals surface area contributed by atoms with E-state index in [4.69, 9.17) is 5.73 Å². The van der Waals surface area contributed by atoms with Crippen molar-refractivity contribution in [1.82, 2.24) is 4.90 Å². The minimum absolute atomic E-state index is 0. The first-order chi connectivity index (χ1) is 9.26. The lowest BCUT2D eigenvalue weighted by Gasteiger charge is -2.16. The Labute approximate surface area is 131 Å². The van der Waals surface area contributed by atoms with Crippen LogP contribution in [-0.4, -0.2) is 42.4 Å². The Balaban J connectivity index is 0.00000200. The van der Waals surface area contributed by atoms with Crippen LogP contribution in [0, 0.1) is 5.92 Å². The fourth-order valence-electron chi connectivity index (χ4n) is 2.74. The quantitative estimate of drug-likeness (QED) is 0.907. The van der Waals surface area contributed by atoms with Gasteiger partial charge in [0.2, 0.25) is 5.91 Å². The van der Waals surface area contributed by atoms with E-state index < -0.39 is 0 Å². The first-order valence-corrected chi connectivity index (χ1v) is 8.17. The van der Waals surface area contributed by atoms with Crippen molar-refractivity contribution in [2.75, 3.05) is 31.6 Å². The summed E-state index contributed by atoms with van der Waals surface area (Å²) in [6.07, 6.45) is 2.67. The number of amides is 1. The maximum Gasteiger partial charge on any atom is 0.223 e. The van der Waals surface area contributed by atoms with E-state index >= 15 is 0 Å². The van der Waals surface area contributed by atoms with E-state index in [0.717, 1.165) is 18.8 Å². The molecule has 2 atom stereocenters. The summed E-state index contributed by atoms with van der Waals surface area (Å²) in [5, 5.41) is 0. The van der Waals surface area contributed by atoms with E-state index in [1.54, 1.807) is 11.8 Å². The first kappa shape index (κ1) is 17.3. The smallest absolute Gasteiger partial charge is 0.223 e. The van der Waals surface area contributed by atoms with Gasteiger partial charge in [-0.15, -0.1) is 12.4 Å². The van der Waals surface area contributed by atoms with Crippen LogP contribution in [0.2, 0.25) is 0 Å². The molecular weight excluding hydrogens is 292 g/mol. The lowest BCUT2D eigenvalue weighted by molar-refractivity contribution is -0.129. The molecule has 0 radical (unpaired) electrons. The third-order valence-corrected chi connectivity index (χ3v) is 4.46. The molecule has 3 nitrogen and oxygen atoms in total. The van der Waals surface area contributed by atoms with E-state index in [0.29, 0.717) is 24.8 Å². The van der Waals surface area contributed by atoms with Crippen molar-refractivity contribution >= 4 is 30.1 Å². The molecular formula is C15H23ClN2OS. The van der Waals surface area contributed by atoms with Crippen LogP contribution in [0.4, 0.5) is 0 Å². The minimum atomic E-state index is 0. The number of benzene rings is 1. The molecule has 1 aromatic carbocycles. The number of carbonyl (C=O) groups excluding carboxylic acids is 1. The maximum atomic E-state index is 12.1. The lowest BCUT2D eigenvalue weighted by atomic mass is 9.89. The molecule has 0 aromatic heterocycles. The fraction of sp³-hybridized carbons (Fsp3) is 0.533. The molecule has 1 aromatic rings. The lowest BCUT2D eigenvalue weighted by Crippen LogP contribution is -2.30. The highest BCUT2D eigenvalue weighted by molar-refractivity contribution is 7.98. The standard InChI is InChI=1S/C15H22N2OS.ClH/c1-19-8-7-15(18)17-10-13(9-16)14(11-17)12-5-3-2-4-6-12;/h2-6,13-14H,7-11,16H2,1H3;1H/t13-,14+;/m1./s1. The summed E-state index contributed by atoms with van der Waals surface area (Å²) in [4.78, 5) is 14.1. The van der Waals surface area contributed by atoms with Crippen molar-refractivity contribution in [3.05, 3.63) is 35.9 Å². The van der Waals surface area contributed by atoms with Crippen LogP contribution >= 0.6 is 24.2 Å². The number of nitrogens with two attached hydrogens (primary N) is 1. The zero-order valence-electron chi connectivity index (χ0n) is 11.8.